The smallest absolute Gasteiger partial charge is 0.271 e. The quantitative estimate of drug-likeness (QED) is 0.290. The van der Waals surface area contributed by atoms with E-state index in [1.165, 1.54) is 19.2 Å². The minimum Gasteiger partial charge on any atom is -0.769 e. The molecular weight excluding hydrogens is 480 g/mol. The second-order valence-electron chi connectivity index (χ2n) is 8.37. The van der Waals surface area contributed by atoms with Gasteiger partial charge in [-0.05, 0) is 48.5 Å². The Morgan fingerprint density at radius 2 is 1.27 bits per heavy atom. The number of amides is 1. The molecule has 0 heterocycles. The van der Waals surface area contributed by atoms with Gasteiger partial charge in [0.25, 0.3) is 5.91 Å². The van der Waals surface area contributed by atoms with E-state index in [1.807, 2.05) is 0 Å². The van der Waals surface area contributed by atoms with Gasteiger partial charge in [0, 0.05) is 50.6 Å². The van der Waals surface area contributed by atoms with Crippen LogP contribution in [0.2, 0.25) is 0 Å². The average molecular weight is 509 g/mol. The van der Waals surface area contributed by atoms with Crippen LogP contribution in [0.1, 0.15) is 21.5 Å². The van der Waals surface area contributed by atoms with Crippen LogP contribution in [-0.4, -0.2) is 57.3 Å². The van der Waals surface area contributed by atoms with Gasteiger partial charge < -0.3 is 30.2 Å². The predicted molar refractivity (Wildman–Crippen MR) is 143 cm³/mol. The summed E-state index contributed by atoms with van der Waals surface area (Å²) in [7, 11) is 8.36. The van der Waals surface area contributed by atoms with Crippen molar-refractivity contribution in [2.75, 3.05) is 55.6 Å². The van der Waals surface area contributed by atoms with E-state index in [0.717, 1.165) is 0 Å². The lowest BCUT2D eigenvalue weighted by Gasteiger charge is -2.40. The molecule has 3 aromatic carbocycles. The van der Waals surface area contributed by atoms with E-state index in [2.05, 4.69) is 10.5 Å². The van der Waals surface area contributed by atoms with Crippen LogP contribution in [0.15, 0.2) is 65.8 Å². The summed E-state index contributed by atoms with van der Waals surface area (Å²) in [5, 5.41) is 46.9. The topological polar surface area (TPSA) is 150 Å². The second kappa shape index (κ2) is 11.6. The monoisotopic (exact) mass is 508 g/mol. The molecule has 0 atom stereocenters. The minimum atomic E-state index is -0.518. The number of carbonyl (C=O) groups is 1. The zero-order valence-electron chi connectivity index (χ0n) is 21.0. The molecule has 3 aromatic rings. The standard InChI is InChI=1S/C25H28N6O6/c1-28(2)20-12-8-17(14-22(20)30(33)34)24(18-9-13-21(29(3)4)23(15-18)31(35)36)26-27-25(32)16-6-10-19(37-5)11-7-16/h6-15,33-34H,1-5H3,(H,27,32)/q-2. The third kappa shape index (κ3) is 6.26. The van der Waals surface area contributed by atoms with E-state index in [0.29, 0.717) is 33.8 Å². The number of hydrogen-bond acceptors (Lipinski definition) is 11. The van der Waals surface area contributed by atoms with Crippen LogP contribution in [-0.2, 0) is 0 Å². The van der Waals surface area contributed by atoms with E-state index >= 15 is 0 Å². The number of benzene rings is 3. The van der Waals surface area contributed by atoms with Crippen molar-refractivity contribution in [2.45, 2.75) is 0 Å². The van der Waals surface area contributed by atoms with Crippen LogP contribution < -0.4 is 30.4 Å². The van der Waals surface area contributed by atoms with Crippen molar-refractivity contribution in [3.8, 4) is 5.75 Å². The molecule has 0 aliphatic rings. The fourth-order valence-corrected chi connectivity index (χ4v) is 3.61. The number of hydrogen-bond donors (Lipinski definition) is 3. The van der Waals surface area contributed by atoms with Crippen molar-refractivity contribution in [1.29, 1.82) is 0 Å². The van der Waals surface area contributed by atoms with Gasteiger partial charge in [0.15, 0.2) is 0 Å². The first-order chi connectivity index (χ1) is 17.5. The molecule has 0 unspecified atom stereocenters. The second-order valence-corrected chi connectivity index (χ2v) is 8.37. The summed E-state index contributed by atoms with van der Waals surface area (Å²) in [5.74, 6) is 0.0655. The largest absolute Gasteiger partial charge is 0.769 e. The molecule has 3 N–H and O–H groups in total. The van der Waals surface area contributed by atoms with E-state index < -0.39 is 11.1 Å². The highest BCUT2D eigenvalue weighted by Crippen LogP contribution is 2.32. The van der Waals surface area contributed by atoms with E-state index in [9.17, 15) is 25.6 Å². The first kappa shape index (κ1) is 27.2. The van der Waals surface area contributed by atoms with Gasteiger partial charge in [0.05, 0.1) is 24.2 Å². The van der Waals surface area contributed by atoms with E-state index in [4.69, 9.17) is 4.74 Å². The molecule has 12 nitrogen and oxygen atoms in total. The lowest BCUT2D eigenvalue weighted by atomic mass is 10.00. The van der Waals surface area contributed by atoms with Gasteiger partial charge >= 0.3 is 0 Å². The van der Waals surface area contributed by atoms with Crippen molar-refractivity contribution in [3.05, 3.63) is 87.8 Å². The van der Waals surface area contributed by atoms with Crippen LogP contribution in [0.4, 0.5) is 22.7 Å². The van der Waals surface area contributed by atoms with Gasteiger partial charge in [-0.25, -0.2) is 5.43 Å². The normalized spacial score (nSPS) is 11.1. The SMILES string of the molecule is COc1ccc(C(=O)NN=C(c2ccc(N(C)C)c(N([O-])[O-])c2)c2ccc(N(C)C)c(N(O)O)c2)cc1. The number of ether oxygens (including phenoxy) is 1. The molecule has 0 saturated heterocycles. The summed E-state index contributed by atoms with van der Waals surface area (Å²) >= 11 is 0. The highest BCUT2D eigenvalue weighted by atomic mass is 16.8. The maximum Gasteiger partial charge on any atom is 0.271 e. The number of anilines is 4. The van der Waals surface area contributed by atoms with Crippen molar-refractivity contribution in [1.82, 2.24) is 5.43 Å². The zero-order valence-corrected chi connectivity index (χ0v) is 21.0. The van der Waals surface area contributed by atoms with Crippen LogP contribution >= 0.6 is 0 Å². The first-order valence-corrected chi connectivity index (χ1v) is 11.0. The molecule has 0 aliphatic carbocycles. The average Bonchev–Trinajstić information content (AvgIpc) is 2.88. The molecule has 0 bridgehead atoms. The summed E-state index contributed by atoms with van der Waals surface area (Å²) in [5.41, 5.74) is 4.43. The molecule has 37 heavy (non-hydrogen) atoms. The molecule has 0 spiro atoms. The van der Waals surface area contributed by atoms with Crippen LogP contribution in [0.5, 0.6) is 5.75 Å². The van der Waals surface area contributed by atoms with Gasteiger partial charge in [0.1, 0.15) is 11.4 Å². The van der Waals surface area contributed by atoms with Crippen LogP contribution in [0.3, 0.4) is 0 Å². The third-order valence-corrected chi connectivity index (χ3v) is 5.49. The fraction of sp³-hybridized carbons (Fsp3) is 0.200. The van der Waals surface area contributed by atoms with Gasteiger partial charge in [-0.2, -0.15) is 5.10 Å². The molecule has 3 rings (SSSR count). The molecule has 0 fully saturated rings. The van der Waals surface area contributed by atoms with Crippen molar-refractivity contribution < 1.29 is 19.9 Å². The number of methoxy groups -OCH3 is 1. The summed E-state index contributed by atoms with van der Waals surface area (Å²) in [6, 6.07) is 15.7. The lowest BCUT2D eigenvalue weighted by Crippen LogP contribution is -2.22. The Kier molecular flexibility index (Phi) is 8.52. The summed E-state index contributed by atoms with van der Waals surface area (Å²) in [6.07, 6.45) is 0. The van der Waals surface area contributed by atoms with E-state index in [-0.39, 0.29) is 22.3 Å². The molecular formula is C25H28N6O6-2. The molecule has 196 valence electrons. The summed E-state index contributed by atoms with van der Waals surface area (Å²) in [6.45, 7) is 0. The Hall–Kier alpha value is -4.36. The number of nitrogens with one attached hydrogen (secondary N) is 1. The van der Waals surface area contributed by atoms with Crippen molar-refractivity contribution in [2.24, 2.45) is 5.10 Å². The Morgan fingerprint density at radius 1 is 0.784 bits per heavy atom. The van der Waals surface area contributed by atoms with Gasteiger partial charge in [-0.15, -0.1) is 5.23 Å². The number of hydrazone groups is 1. The Morgan fingerprint density at radius 3 is 1.73 bits per heavy atom. The third-order valence-electron chi connectivity index (χ3n) is 5.49. The first-order valence-electron chi connectivity index (χ1n) is 11.0. The van der Waals surface area contributed by atoms with Crippen molar-refractivity contribution in [3.63, 3.8) is 0 Å². The molecule has 0 aliphatic heterocycles. The summed E-state index contributed by atoms with van der Waals surface area (Å²) < 4.78 is 5.11. The Balaban J connectivity index is 2.13. The lowest BCUT2D eigenvalue weighted by molar-refractivity contribution is 0.0294. The highest BCUT2D eigenvalue weighted by molar-refractivity contribution is 6.15. The maximum absolute atomic E-state index is 12.8. The fourth-order valence-electron chi connectivity index (χ4n) is 3.61. The van der Waals surface area contributed by atoms with Crippen LogP contribution in [0.25, 0.3) is 0 Å². The molecule has 0 radical (unpaired) electrons. The molecule has 12 heteroatoms. The van der Waals surface area contributed by atoms with Gasteiger partial charge in [-0.3, -0.25) is 15.2 Å². The number of carbonyl (C=O) groups excluding carboxylic acids is 1. The zero-order chi connectivity index (χ0) is 27.3. The Labute approximate surface area is 214 Å². The molecule has 0 saturated carbocycles. The van der Waals surface area contributed by atoms with Gasteiger partial charge in [0.2, 0.25) is 0 Å². The predicted octanol–water partition coefficient (Wildman–Crippen LogP) is 3.40. The Bertz CT molecular complexity index is 1210. The number of nitrogens with zero attached hydrogens (tertiary/aromatic N) is 5. The highest BCUT2D eigenvalue weighted by Gasteiger charge is 2.17. The molecule has 1 amide bonds. The molecule has 0 aromatic heterocycles. The van der Waals surface area contributed by atoms with Gasteiger partial charge in [-0.1, -0.05) is 12.1 Å². The van der Waals surface area contributed by atoms with E-state index in [1.54, 1.807) is 86.5 Å². The number of rotatable bonds is 9. The summed E-state index contributed by atoms with van der Waals surface area (Å²) in [4.78, 5) is 16.1. The van der Waals surface area contributed by atoms with Crippen LogP contribution in [0, 0.1) is 10.4 Å². The maximum atomic E-state index is 12.8. The van der Waals surface area contributed by atoms with Crippen molar-refractivity contribution >= 4 is 34.4 Å². The minimum absolute atomic E-state index is 0.0238.